The van der Waals surface area contributed by atoms with Gasteiger partial charge in [0.05, 0.1) is 5.69 Å². The second kappa shape index (κ2) is 9.10. The number of thioether (sulfide) groups is 1. The van der Waals surface area contributed by atoms with E-state index < -0.39 is 6.03 Å². The van der Waals surface area contributed by atoms with Crippen LogP contribution in [0.25, 0.3) is 0 Å². The lowest BCUT2D eigenvalue weighted by Crippen LogP contribution is -2.50. The summed E-state index contributed by atoms with van der Waals surface area (Å²) in [7, 11) is 0. The van der Waals surface area contributed by atoms with E-state index >= 15 is 0 Å². The van der Waals surface area contributed by atoms with Crippen molar-refractivity contribution in [1.82, 2.24) is 5.32 Å². The summed E-state index contributed by atoms with van der Waals surface area (Å²) in [5.41, 5.74) is 1.70. The maximum Gasteiger partial charge on any atom is 0.336 e. The molecule has 126 valence electrons. The van der Waals surface area contributed by atoms with E-state index in [0.29, 0.717) is 17.9 Å². The van der Waals surface area contributed by atoms with Crippen LogP contribution in [0, 0.1) is 0 Å². The number of nitrogens with two attached hydrogens (primary N) is 1. The maximum absolute atomic E-state index is 12.4. The molecule has 0 bridgehead atoms. The Labute approximate surface area is 146 Å². The van der Waals surface area contributed by atoms with Crippen LogP contribution in [0.3, 0.4) is 0 Å². The molecule has 0 saturated carbocycles. The average molecular weight is 343 g/mol. The standard InChI is InChI=1S/C18H21N3O2S/c1-14(22)24-13-16(12-15-8-4-2-5-9-15)20-18(23)21(19)17-10-6-3-7-11-17/h2-11,16H,12-13,19H2,1H3,(H,20,23). The van der Waals surface area contributed by atoms with E-state index in [0.717, 1.165) is 10.6 Å². The SMILES string of the molecule is CC(=O)SCC(Cc1ccccc1)NC(=O)N(N)c1ccccc1. The van der Waals surface area contributed by atoms with Crippen LogP contribution in [0.15, 0.2) is 60.7 Å². The van der Waals surface area contributed by atoms with Gasteiger partial charge in [0.1, 0.15) is 0 Å². The van der Waals surface area contributed by atoms with Crippen molar-refractivity contribution in [1.29, 1.82) is 0 Å². The van der Waals surface area contributed by atoms with E-state index in [4.69, 9.17) is 5.84 Å². The summed E-state index contributed by atoms with van der Waals surface area (Å²) in [6, 6.07) is 18.3. The van der Waals surface area contributed by atoms with Crippen LogP contribution in [0.5, 0.6) is 0 Å². The molecular formula is C18H21N3O2S. The Kier molecular flexibility index (Phi) is 6.84. The summed E-state index contributed by atoms with van der Waals surface area (Å²) >= 11 is 1.20. The van der Waals surface area contributed by atoms with Crippen LogP contribution >= 0.6 is 11.8 Å². The molecule has 0 fully saturated rings. The van der Waals surface area contributed by atoms with Crippen molar-refractivity contribution in [2.75, 3.05) is 10.8 Å². The molecule has 2 aromatic rings. The number of hydrogen-bond acceptors (Lipinski definition) is 4. The predicted octanol–water partition coefficient (Wildman–Crippen LogP) is 2.97. The maximum atomic E-state index is 12.4. The number of rotatable bonds is 6. The van der Waals surface area contributed by atoms with Gasteiger partial charge in [-0.3, -0.25) is 4.79 Å². The Morgan fingerprint density at radius 2 is 1.67 bits per heavy atom. The molecule has 0 radical (unpaired) electrons. The van der Waals surface area contributed by atoms with E-state index in [2.05, 4.69) is 5.32 Å². The summed E-state index contributed by atoms with van der Waals surface area (Å²) in [5.74, 6) is 6.38. The van der Waals surface area contributed by atoms with Crippen LogP contribution in [0.4, 0.5) is 10.5 Å². The second-order valence-corrected chi connectivity index (χ2v) is 6.54. The number of carbonyl (C=O) groups excluding carboxylic acids is 2. The van der Waals surface area contributed by atoms with E-state index in [1.165, 1.54) is 18.7 Å². The number of hydrazine groups is 1. The molecule has 0 aliphatic heterocycles. The molecule has 6 heteroatoms. The molecule has 1 atom stereocenters. The highest BCUT2D eigenvalue weighted by molar-refractivity contribution is 8.13. The van der Waals surface area contributed by atoms with Crippen molar-refractivity contribution in [2.45, 2.75) is 19.4 Å². The topological polar surface area (TPSA) is 75.4 Å². The van der Waals surface area contributed by atoms with Gasteiger partial charge in [-0.2, -0.15) is 0 Å². The Balaban J connectivity index is 2.03. The molecule has 2 amide bonds. The molecule has 0 aromatic heterocycles. The third kappa shape index (κ3) is 5.72. The first kappa shape index (κ1) is 18.0. The normalized spacial score (nSPS) is 11.6. The monoisotopic (exact) mass is 343 g/mol. The summed E-state index contributed by atoms with van der Waals surface area (Å²) in [6.07, 6.45) is 0.634. The van der Waals surface area contributed by atoms with Gasteiger partial charge in [0.2, 0.25) is 0 Å². The van der Waals surface area contributed by atoms with Crippen LogP contribution in [0.1, 0.15) is 12.5 Å². The van der Waals surface area contributed by atoms with Crippen LogP contribution in [-0.4, -0.2) is 22.9 Å². The van der Waals surface area contributed by atoms with E-state index in [-0.39, 0.29) is 11.2 Å². The number of amides is 2. The highest BCUT2D eigenvalue weighted by atomic mass is 32.2. The van der Waals surface area contributed by atoms with Crippen molar-refractivity contribution in [3.63, 3.8) is 0 Å². The lowest BCUT2D eigenvalue weighted by molar-refractivity contribution is -0.109. The summed E-state index contributed by atoms with van der Waals surface area (Å²) in [5, 5.41) is 4.01. The van der Waals surface area contributed by atoms with Gasteiger partial charge in [-0.25, -0.2) is 15.6 Å². The fraction of sp³-hybridized carbons (Fsp3) is 0.222. The molecule has 2 rings (SSSR count). The Morgan fingerprint density at radius 1 is 1.08 bits per heavy atom. The predicted molar refractivity (Wildman–Crippen MR) is 98.7 cm³/mol. The largest absolute Gasteiger partial charge is 0.336 e. The van der Waals surface area contributed by atoms with Gasteiger partial charge in [-0.05, 0) is 24.1 Å². The highest BCUT2D eigenvalue weighted by Gasteiger charge is 2.18. The zero-order chi connectivity index (χ0) is 17.4. The average Bonchev–Trinajstić information content (AvgIpc) is 2.60. The smallest absolute Gasteiger partial charge is 0.333 e. The number of para-hydroxylation sites is 1. The van der Waals surface area contributed by atoms with E-state index in [1.807, 2.05) is 48.5 Å². The molecule has 24 heavy (non-hydrogen) atoms. The van der Waals surface area contributed by atoms with Gasteiger partial charge in [0.25, 0.3) is 0 Å². The first-order valence-electron chi connectivity index (χ1n) is 7.64. The van der Waals surface area contributed by atoms with Gasteiger partial charge in [0.15, 0.2) is 5.12 Å². The molecule has 0 heterocycles. The molecular weight excluding hydrogens is 322 g/mol. The fourth-order valence-electron chi connectivity index (χ4n) is 2.22. The molecule has 1 unspecified atom stereocenters. The van der Waals surface area contributed by atoms with Crippen molar-refractivity contribution >= 4 is 28.6 Å². The zero-order valence-electron chi connectivity index (χ0n) is 13.5. The number of nitrogens with zero attached hydrogens (tertiary/aromatic N) is 1. The molecule has 5 nitrogen and oxygen atoms in total. The van der Waals surface area contributed by atoms with Crippen molar-refractivity contribution < 1.29 is 9.59 Å². The molecule has 2 aromatic carbocycles. The van der Waals surface area contributed by atoms with Gasteiger partial charge in [-0.1, -0.05) is 60.3 Å². The van der Waals surface area contributed by atoms with Gasteiger partial charge >= 0.3 is 6.03 Å². The highest BCUT2D eigenvalue weighted by Crippen LogP contribution is 2.12. The minimum absolute atomic E-state index is 0.0231. The molecule has 0 spiro atoms. The van der Waals surface area contributed by atoms with Crippen molar-refractivity contribution in [2.24, 2.45) is 5.84 Å². The number of anilines is 1. The van der Waals surface area contributed by atoms with Gasteiger partial charge < -0.3 is 5.32 Å². The summed E-state index contributed by atoms with van der Waals surface area (Å²) < 4.78 is 0. The molecule has 0 aliphatic rings. The third-order valence-electron chi connectivity index (χ3n) is 3.39. The van der Waals surface area contributed by atoms with Crippen molar-refractivity contribution in [3.8, 4) is 0 Å². The zero-order valence-corrected chi connectivity index (χ0v) is 14.3. The first-order chi connectivity index (χ1) is 11.6. The molecule has 0 aliphatic carbocycles. The minimum atomic E-state index is -0.397. The number of nitrogens with one attached hydrogen (secondary N) is 1. The van der Waals surface area contributed by atoms with E-state index in [9.17, 15) is 9.59 Å². The Bertz CT molecular complexity index is 664. The van der Waals surface area contributed by atoms with Crippen molar-refractivity contribution in [3.05, 3.63) is 66.2 Å². The Morgan fingerprint density at radius 3 is 2.25 bits per heavy atom. The number of benzene rings is 2. The second-order valence-electron chi connectivity index (χ2n) is 5.34. The van der Waals surface area contributed by atoms with Gasteiger partial charge in [0, 0.05) is 18.7 Å². The first-order valence-corrected chi connectivity index (χ1v) is 8.62. The lowest BCUT2D eigenvalue weighted by Gasteiger charge is -2.23. The lowest BCUT2D eigenvalue weighted by atomic mass is 10.1. The summed E-state index contributed by atoms with van der Waals surface area (Å²) in [4.78, 5) is 23.6. The number of carbonyl (C=O) groups is 2. The molecule has 3 N–H and O–H groups in total. The molecule has 0 saturated heterocycles. The Hall–Kier alpha value is -2.31. The third-order valence-corrected chi connectivity index (χ3v) is 4.37. The quantitative estimate of drug-likeness (QED) is 0.480. The van der Waals surface area contributed by atoms with Crippen LogP contribution in [0.2, 0.25) is 0 Å². The number of urea groups is 1. The number of hydrogen-bond donors (Lipinski definition) is 2. The summed E-state index contributed by atoms with van der Waals surface area (Å²) in [6.45, 7) is 1.52. The van der Waals surface area contributed by atoms with Gasteiger partial charge in [-0.15, -0.1) is 0 Å². The van der Waals surface area contributed by atoms with Crippen LogP contribution in [-0.2, 0) is 11.2 Å². The minimum Gasteiger partial charge on any atom is -0.333 e. The van der Waals surface area contributed by atoms with E-state index in [1.54, 1.807) is 12.1 Å². The fourth-order valence-corrected chi connectivity index (χ4v) is 2.86. The van der Waals surface area contributed by atoms with Crippen LogP contribution < -0.4 is 16.2 Å².